The summed E-state index contributed by atoms with van der Waals surface area (Å²) in [5.41, 5.74) is 4.55. The van der Waals surface area contributed by atoms with Gasteiger partial charge in [-0.2, -0.15) is 0 Å². The van der Waals surface area contributed by atoms with Crippen LogP contribution in [0, 0.1) is 13.8 Å². The Bertz CT molecular complexity index is 761. The van der Waals surface area contributed by atoms with Crippen LogP contribution in [0.4, 0.5) is 0 Å². The van der Waals surface area contributed by atoms with Crippen molar-refractivity contribution >= 4 is 0 Å². The Balaban J connectivity index is 1.48. The summed E-state index contributed by atoms with van der Waals surface area (Å²) in [5, 5.41) is 0. The van der Waals surface area contributed by atoms with E-state index in [2.05, 4.69) is 28.7 Å². The number of hydrogen-bond acceptors (Lipinski definition) is 5. The van der Waals surface area contributed by atoms with Crippen molar-refractivity contribution in [3.05, 3.63) is 40.5 Å². The number of aryl methyl sites for hydroxylation is 3. The average Bonchev–Trinajstić information content (AvgIpc) is 2.98. The maximum Gasteiger partial charge on any atom is 0.125 e. The third-order valence-corrected chi connectivity index (χ3v) is 5.57. The molecule has 2 aliphatic heterocycles. The van der Waals surface area contributed by atoms with E-state index >= 15 is 0 Å². The molecular formula is C19H27N5O. The molecule has 4 heterocycles. The molecule has 134 valence electrons. The molecule has 6 nitrogen and oxygen atoms in total. The zero-order valence-electron chi connectivity index (χ0n) is 15.4. The SMILES string of the molecule is CCc1nc(CN2CCC3(CC2)OCCc2cnc(C)nc23)c(C)[nH]1. The van der Waals surface area contributed by atoms with Gasteiger partial charge in [0.2, 0.25) is 0 Å². The standard InChI is InChI=1S/C19H27N5O/c1-4-17-21-13(2)16(23-17)12-24-8-6-19(7-9-24)18-15(5-10-25-19)11-20-14(3)22-18/h11H,4-10,12H2,1-3H3,(H,21,23). The van der Waals surface area contributed by atoms with Crippen molar-refractivity contribution in [2.45, 2.75) is 58.6 Å². The average molecular weight is 341 g/mol. The van der Waals surface area contributed by atoms with Gasteiger partial charge in [-0.05, 0) is 38.7 Å². The number of nitrogens with zero attached hydrogens (tertiary/aromatic N) is 4. The van der Waals surface area contributed by atoms with Crippen LogP contribution in [0.3, 0.4) is 0 Å². The molecular weight excluding hydrogens is 314 g/mol. The zero-order chi connectivity index (χ0) is 17.4. The maximum atomic E-state index is 6.29. The smallest absolute Gasteiger partial charge is 0.125 e. The Morgan fingerprint density at radius 2 is 2.04 bits per heavy atom. The van der Waals surface area contributed by atoms with Crippen LogP contribution in [-0.4, -0.2) is 44.5 Å². The summed E-state index contributed by atoms with van der Waals surface area (Å²) in [6.07, 6.45) is 5.84. The molecule has 4 rings (SSSR count). The molecule has 2 aromatic heterocycles. The van der Waals surface area contributed by atoms with Gasteiger partial charge in [-0.3, -0.25) is 4.90 Å². The van der Waals surface area contributed by atoms with Crippen molar-refractivity contribution in [2.24, 2.45) is 0 Å². The first-order chi connectivity index (χ1) is 12.1. The first kappa shape index (κ1) is 16.7. The molecule has 0 radical (unpaired) electrons. The van der Waals surface area contributed by atoms with Crippen LogP contribution in [0.1, 0.15) is 54.1 Å². The lowest BCUT2D eigenvalue weighted by molar-refractivity contribution is -0.102. The number of likely N-dealkylation sites (tertiary alicyclic amines) is 1. The molecule has 25 heavy (non-hydrogen) atoms. The van der Waals surface area contributed by atoms with E-state index in [1.54, 1.807) is 0 Å². The van der Waals surface area contributed by atoms with Gasteiger partial charge in [0, 0.05) is 37.9 Å². The molecule has 0 aromatic carbocycles. The van der Waals surface area contributed by atoms with Crippen LogP contribution in [-0.2, 0) is 29.7 Å². The fourth-order valence-corrected chi connectivity index (χ4v) is 4.05. The molecule has 0 saturated carbocycles. The quantitative estimate of drug-likeness (QED) is 0.929. The minimum Gasteiger partial charge on any atom is -0.368 e. The number of ether oxygens (including phenoxy) is 1. The summed E-state index contributed by atoms with van der Waals surface area (Å²) in [6, 6.07) is 0. The van der Waals surface area contributed by atoms with E-state index in [-0.39, 0.29) is 5.60 Å². The van der Waals surface area contributed by atoms with E-state index in [9.17, 15) is 0 Å². The maximum absolute atomic E-state index is 6.29. The lowest BCUT2D eigenvalue weighted by Gasteiger charge is -2.44. The summed E-state index contributed by atoms with van der Waals surface area (Å²) in [4.78, 5) is 19.7. The highest BCUT2D eigenvalue weighted by Crippen LogP contribution is 2.40. The van der Waals surface area contributed by atoms with E-state index in [1.165, 1.54) is 17.0 Å². The summed E-state index contributed by atoms with van der Waals surface area (Å²) >= 11 is 0. The number of imidazole rings is 1. The van der Waals surface area contributed by atoms with Crippen LogP contribution in [0.25, 0.3) is 0 Å². The zero-order valence-corrected chi connectivity index (χ0v) is 15.4. The monoisotopic (exact) mass is 341 g/mol. The Morgan fingerprint density at radius 3 is 2.76 bits per heavy atom. The van der Waals surface area contributed by atoms with E-state index in [0.29, 0.717) is 0 Å². The number of aromatic nitrogens is 4. The lowest BCUT2D eigenvalue weighted by Crippen LogP contribution is -2.47. The third kappa shape index (κ3) is 3.09. The molecule has 1 spiro atoms. The predicted molar refractivity (Wildman–Crippen MR) is 95.3 cm³/mol. The van der Waals surface area contributed by atoms with Crippen LogP contribution < -0.4 is 0 Å². The van der Waals surface area contributed by atoms with E-state index < -0.39 is 0 Å². The van der Waals surface area contributed by atoms with Crippen LogP contribution >= 0.6 is 0 Å². The number of hydrogen-bond donors (Lipinski definition) is 1. The van der Waals surface area contributed by atoms with E-state index in [1.807, 2.05) is 13.1 Å². The highest BCUT2D eigenvalue weighted by molar-refractivity contribution is 5.27. The number of piperidine rings is 1. The van der Waals surface area contributed by atoms with Crippen molar-refractivity contribution < 1.29 is 4.74 Å². The van der Waals surface area contributed by atoms with Crippen molar-refractivity contribution in [3.8, 4) is 0 Å². The molecule has 0 atom stereocenters. The van der Waals surface area contributed by atoms with Gasteiger partial charge in [0.25, 0.3) is 0 Å². The minimum absolute atomic E-state index is 0.215. The molecule has 0 unspecified atom stereocenters. The summed E-state index contributed by atoms with van der Waals surface area (Å²) in [7, 11) is 0. The van der Waals surface area contributed by atoms with Crippen molar-refractivity contribution in [1.29, 1.82) is 0 Å². The molecule has 1 N–H and O–H groups in total. The largest absolute Gasteiger partial charge is 0.368 e. The number of H-pyrrole nitrogens is 1. The van der Waals surface area contributed by atoms with Crippen molar-refractivity contribution in [1.82, 2.24) is 24.8 Å². The summed E-state index contributed by atoms with van der Waals surface area (Å²) < 4.78 is 6.29. The lowest BCUT2D eigenvalue weighted by atomic mass is 9.83. The Labute approximate surface area is 149 Å². The highest BCUT2D eigenvalue weighted by Gasteiger charge is 2.42. The van der Waals surface area contributed by atoms with Gasteiger partial charge >= 0.3 is 0 Å². The molecule has 0 amide bonds. The van der Waals surface area contributed by atoms with Gasteiger partial charge in [-0.25, -0.2) is 15.0 Å². The van der Waals surface area contributed by atoms with E-state index in [4.69, 9.17) is 14.7 Å². The van der Waals surface area contributed by atoms with Crippen LogP contribution in [0.2, 0.25) is 0 Å². The Kier molecular flexibility index (Phi) is 4.33. The first-order valence-electron chi connectivity index (χ1n) is 9.33. The first-order valence-corrected chi connectivity index (χ1v) is 9.33. The second kappa shape index (κ2) is 6.50. The van der Waals surface area contributed by atoms with Gasteiger partial charge in [0.05, 0.1) is 18.0 Å². The topological polar surface area (TPSA) is 66.9 Å². The Morgan fingerprint density at radius 1 is 1.24 bits per heavy atom. The van der Waals surface area contributed by atoms with Crippen molar-refractivity contribution in [2.75, 3.05) is 19.7 Å². The summed E-state index contributed by atoms with van der Waals surface area (Å²) in [6.45, 7) is 9.92. The van der Waals surface area contributed by atoms with Gasteiger partial charge < -0.3 is 9.72 Å². The molecule has 1 saturated heterocycles. The van der Waals surface area contributed by atoms with Gasteiger partial charge in [0.1, 0.15) is 17.2 Å². The van der Waals surface area contributed by atoms with E-state index in [0.717, 1.165) is 69.3 Å². The second-order valence-electron chi connectivity index (χ2n) is 7.27. The normalized spacial score (nSPS) is 20.0. The predicted octanol–water partition coefficient (Wildman–Crippen LogP) is 2.44. The number of fused-ring (bicyclic) bond motifs is 2. The third-order valence-electron chi connectivity index (χ3n) is 5.57. The fourth-order valence-electron chi connectivity index (χ4n) is 4.05. The molecule has 6 heteroatoms. The van der Waals surface area contributed by atoms with Crippen LogP contribution in [0.5, 0.6) is 0 Å². The molecule has 0 aliphatic carbocycles. The number of aromatic amines is 1. The minimum atomic E-state index is -0.215. The second-order valence-corrected chi connectivity index (χ2v) is 7.27. The Hall–Kier alpha value is -1.79. The number of nitrogens with one attached hydrogen (secondary N) is 1. The number of rotatable bonds is 3. The highest BCUT2D eigenvalue weighted by atomic mass is 16.5. The van der Waals surface area contributed by atoms with Gasteiger partial charge in [0.15, 0.2) is 0 Å². The van der Waals surface area contributed by atoms with Gasteiger partial charge in [-0.15, -0.1) is 0 Å². The molecule has 2 aliphatic rings. The molecule has 2 aromatic rings. The summed E-state index contributed by atoms with van der Waals surface area (Å²) in [5.74, 6) is 1.92. The molecule has 0 bridgehead atoms. The fraction of sp³-hybridized carbons (Fsp3) is 0.632. The van der Waals surface area contributed by atoms with Crippen molar-refractivity contribution in [3.63, 3.8) is 0 Å². The van der Waals surface area contributed by atoms with Gasteiger partial charge in [-0.1, -0.05) is 6.92 Å². The van der Waals surface area contributed by atoms with Crippen LogP contribution in [0.15, 0.2) is 6.20 Å². The molecule has 1 fully saturated rings.